The molecule has 1 heterocycles. The zero-order valence-electron chi connectivity index (χ0n) is 12.3. The highest BCUT2D eigenvalue weighted by Crippen LogP contribution is 2.38. The van der Waals surface area contributed by atoms with Crippen LogP contribution >= 0.6 is 0 Å². The molecule has 114 valence electrons. The van der Waals surface area contributed by atoms with E-state index in [0.717, 1.165) is 0 Å². The normalized spacial score (nSPS) is 21.6. The second-order valence-electron chi connectivity index (χ2n) is 5.80. The molecule has 2 amide bonds. The summed E-state index contributed by atoms with van der Waals surface area (Å²) in [4.78, 5) is 25.4. The standard InChI is InChI=1S/C15H21N3O3/c1-10(2)15(13(19)20)7-8-18(9-15)14(21)17-12-6-4-3-5-11(12)16/h3-6,10H,7-9,16H2,1-2H3,(H,17,21)(H,19,20). The number of carboxylic acids is 1. The summed E-state index contributed by atoms with van der Waals surface area (Å²) < 4.78 is 0. The Kier molecular flexibility index (Phi) is 4.06. The molecule has 1 aromatic carbocycles. The van der Waals surface area contributed by atoms with Crippen LogP contribution in [0.15, 0.2) is 24.3 Å². The van der Waals surface area contributed by atoms with Crippen molar-refractivity contribution >= 4 is 23.4 Å². The van der Waals surface area contributed by atoms with Gasteiger partial charge in [-0.25, -0.2) is 4.79 Å². The van der Waals surface area contributed by atoms with Crippen molar-refractivity contribution in [1.82, 2.24) is 4.90 Å². The fourth-order valence-electron chi connectivity index (χ4n) is 2.70. The van der Waals surface area contributed by atoms with E-state index in [0.29, 0.717) is 24.3 Å². The SMILES string of the molecule is CC(C)C1(C(=O)O)CCN(C(=O)Nc2ccccc2N)C1. The summed E-state index contributed by atoms with van der Waals surface area (Å²) in [7, 11) is 0. The molecule has 1 aliphatic rings. The molecule has 0 bridgehead atoms. The number of para-hydroxylation sites is 2. The summed E-state index contributed by atoms with van der Waals surface area (Å²) in [5.41, 5.74) is 5.95. The highest BCUT2D eigenvalue weighted by molar-refractivity contribution is 5.93. The number of nitrogens with zero attached hydrogens (tertiary/aromatic N) is 1. The Labute approximate surface area is 123 Å². The minimum atomic E-state index is -0.862. The average molecular weight is 291 g/mol. The summed E-state index contributed by atoms with van der Waals surface area (Å²) in [6.45, 7) is 4.41. The second kappa shape index (κ2) is 5.63. The first kappa shape index (κ1) is 15.2. The number of rotatable bonds is 3. The molecule has 0 aromatic heterocycles. The first-order valence-corrected chi connectivity index (χ1v) is 7.00. The topological polar surface area (TPSA) is 95.7 Å². The third kappa shape index (κ3) is 2.79. The molecule has 6 nitrogen and oxygen atoms in total. The predicted octanol–water partition coefficient (Wildman–Crippen LogP) is 2.23. The molecule has 0 radical (unpaired) electrons. The van der Waals surface area contributed by atoms with E-state index in [4.69, 9.17) is 5.73 Å². The molecule has 1 aliphatic heterocycles. The van der Waals surface area contributed by atoms with Crippen LogP contribution < -0.4 is 11.1 Å². The van der Waals surface area contributed by atoms with E-state index in [-0.39, 0.29) is 18.5 Å². The van der Waals surface area contributed by atoms with Gasteiger partial charge in [-0.1, -0.05) is 26.0 Å². The Bertz CT molecular complexity index is 559. The largest absolute Gasteiger partial charge is 0.481 e. The van der Waals surface area contributed by atoms with Crippen LogP contribution in [-0.4, -0.2) is 35.1 Å². The van der Waals surface area contributed by atoms with Gasteiger partial charge in [-0.15, -0.1) is 0 Å². The van der Waals surface area contributed by atoms with Gasteiger partial charge in [0.15, 0.2) is 0 Å². The van der Waals surface area contributed by atoms with Gasteiger partial charge in [0, 0.05) is 13.1 Å². The summed E-state index contributed by atoms with van der Waals surface area (Å²) in [6.07, 6.45) is 0.470. The number of nitrogens with one attached hydrogen (secondary N) is 1. The van der Waals surface area contributed by atoms with Crippen LogP contribution in [0.4, 0.5) is 16.2 Å². The number of hydrogen-bond donors (Lipinski definition) is 3. The van der Waals surface area contributed by atoms with Gasteiger partial charge < -0.3 is 21.1 Å². The fraction of sp³-hybridized carbons (Fsp3) is 0.467. The van der Waals surface area contributed by atoms with Crippen LogP contribution in [0.5, 0.6) is 0 Å². The first-order chi connectivity index (χ1) is 9.86. The molecule has 0 aliphatic carbocycles. The summed E-state index contributed by atoms with van der Waals surface area (Å²) >= 11 is 0. The van der Waals surface area contributed by atoms with E-state index in [2.05, 4.69) is 5.32 Å². The van der Waals surface area contributed by atoms with Gasteiger partial charge >= 0.3 is 12.0 Å². The van der Waals surface area contributed by atoms with Crippen LogP contribution in [0.25, 0.3) is 0 Å². The Hall–Kier alpha value is -2.24. The maximum Gasteiger partial charge on any atom is 0.321 e. The van der Waals surface area contributed by atoms with Crippen molar-refractivity contribution in [3.63, 3.8) is 0 Å². The predicted molar refractivity (Wildman–Crippen MR) is 81.0 cm³/mol. The third-order valence-electron chi connectivity index (χ3n) is 4.32. The van der Waals surface area contributed by atoms with Crippen molar-refractivity contribution in [2.75, 3.05) is 24.1 Å². The van der Waals surface area contributed by atoms with Crippen molar-refractivity contribution < 1.29 is 14.7 Å². The Morgan fingerprint density at radius 1 is 1.38 bits per heavy atom. The number of nitrogens with two attached hydrogens (primary N) is 1. The van der Waals surface area contributed by atoms with Gasteiger partial charge in [-0.05, 0) is 24.5 Å². The molecule has 1 fully saturated rings. The molecule has 1 aromatic rings. The molecule has 6 heteroatoms. The van der Waals surface area contributed by atoms with E-state index in [1.54, 1.807) is 29.2 Å². The number of benzene rings is 1. The number of nitrogen functional groups attached to an aromatic ring is 1. The summed E-state index contributed by atoms with van der Waals surface area (Å²) in [6, 6.07) is 6.68. The number of anilines is 2. The van der Waals surface area contributed by atoms with Crippen molar-refractivity contribution in [2.24, 2.45) is 11.3 Å². The molecular formula is C15H21N3O3. The minimum absolute atomic E-state index is 0.0328. The molecule has 4 N–H and O–H groups in total. The van der Waals surface area contributed by atoms with Crippen LogP contribution in [0.1, 0.15) is 20.3 Å². The van der Waals surface area contributed by atoms with Crippen LogP contribution in [0, 0.1) is 11.3 Å². The molecule has 1 saturated heterocycles. The van der Waals surface area contributed by atoms with Crippen molar-refractivity contribution in [3.8, 4) is 0 Å². The van der Waals surface area contributed by atoms with Crippen molar-refractivity contribution in [1.29, 1.82) is 0 Å². The van der Waals surface area contributed by atoms with Crippen molar-refractivity contribution in [2.45, 2.75) is 20.3 Å². The maximum absolute atomic E-state index is 12.3. The number of amides is 2. The van der Waals surface area contributed by atoms with Crippen LogP contribution in [0.2, 0.25) is 0 Å². The lowest BCUT2D eigenvalue weighted by Gasteiger charge is -2.28. The van der Waals surface area contributed by atoms with E-state index in [1.165, 1.54) is 0 Å². The Morgan fingerprint density at radius 2 is 2.05 bits per heavy atom. The number of urea groups is 1. The van der Waals surface area contributed by atoms with E-state index in [9.17, 15) is 14.7 Å². The minimum Gasteiger partial charge on any atom is -0.481 e. The summed E-state index contributed by atoms with van der Waals surface area (Å²) in [5.74, 6) is -0.874. The second-order valence-corrected chi connectivity index (χ2v) is 5.80. The number of aliphatic carboxylic acids is 1. The lowest BCUT2D eigenvalue weighted by atomic mass is 9.76. The highest BCUT2D eigenvalue weighted by atomic mass is 16.4. The molecule has 21 heavy (non-hydrogen) atoms. The van der Waals surface area contributed by atoms with Gasteiger partial charge in [0.2, 0.25) is 0 Å². The van der Waals surface area contributed by atoms with Crippen molar-refractivity contribution in [3.05, 3.63) is 24.3 Å². The lowest BCUT2D eigenvalue weighted by Crippen LogP contribution is -2.41. The smallest absolute Gasteiger partial charge is 0.321 e. The third-order valence-corrected chi connectivity index (χ3v) is 4.32. The zero-order valence-corrected chi connectivity index (χ0v) is 12.3. The molecule has 1 unspecified atom stereocenters. The van der Waals surface area contributed by atoms with Gasteiger partial charge in [-0.3, -0.25) is 4.79 Å². The number of carbonyl (C=O) groups excluding carboxylic acids is 1. The number of carboxylic acid groups (broad SMARTS) is 1. The summed E-state index contributed by atoms with van der Waals surface area (Å²) in [5, 5.41) is 12.2. The Morgan fingerprint density at radius 3 is 2.57 bits per heavy atom. The molecular weight excluding hydrogens is 270 g/mol. The Balaban J connectivity index is 2.09. The van der Waals surface area contributed by atoms with Crippen LogP contribution in [-0.2, 0) is 4.79 Å². The highest BCUT2D eigenvalue weighted by Gasteiger charge is 2.48. The van der Waals surface area contributed by atoms with E-state index >= 15 is 0 Å². The van der Waals surface area contributed by atoms with Gasteiger partial charge in [0.05, 0.1) is 16.8 Å². The van der Waals surface area contributed by atoms with E-state index < -0.39 is 11.4 Å². The molecule has 2 rings (SSSR count). The maximum atomic E-state index is 12.3. The number of likely N-dealkylation sites (tertiary alicyclic amines) is 1. The lowest BCUT2D eigenvalue weighted by molar-refractivity contribution is -0.150. The van der Waals surface area contributed by atoms with Crippen LogP contribution in [0.3, 0.4) is 0 Å². The fourth-order valence-corrected chi connectivity index (χ4v) is 2.70. The molecule has 0 spiro atoms. The number of carbonyl (C=O) groups is 2. The molecule has 0 saturated carbocycles. The van der Waals surface area contributed by atoms with E-state index in [1.807, 2.05) is 13.8 Å². The zero-order chi connectivity index (χ0) is 15.6. The van der Waals surface area contributed by atoms with Gasteiger partial charge in [0.25, 0.3) is 0 Å². The quantitative estimate of drug-likeness (QED) is 0.744. The van der Waals surface area contributed by atoms with Gasteiger partial charge in [0.1, 0.15) is 0 Å². The molecule has 1 atom stereocenters. The van der Waals surface area contributed by atoms with Gasteiger partial charge in [-0.2, -0.15) is 0 Å². The average Bonchev–Trinajstić information content (AvgIpc) is 2.88. The number of hydrogen-bond acceptors (Lipinski definition) is 3. The first-order valence-electron chi connectivity index (χ1n) is 7.00. The monoisotopic (exact) mass is 291 g/mol.